The van der Waals surface area contributed by atoms with E-state index in [1.54, 1.807) is 18.2 Å². The zero-order valence-corrected chi connectivity index (χ0v) is 15.6. The fourth-order valence-electron chi connectivity index (χ4n) is 3.42. The van der Waals surface area contributed by atoms with E-state index in [2.05, 4.69) is 17.0 Å². The van der Waals surface area contributed by atoms with Crippen LogP contribution in [-0.2, 0) is 17.9 Å². The molecule has 0 bridgehead atoms. The van der Waals surface area contributed by atoms with Gasteiger partial charge in [-0.25, -0.2) is 4.79 Å². The number of oxazole rings is 1. The van der Waals surface area contributed by atoms with Gasteiger partial charge < -0.3 is 9.32 Å². The Morgan fingerprint density at radius 3 is 2.52 bits per heavy atom. The van der Waals surface area contributed by atoms with Crippen LogP contribution < -0.4 is 5.76 Å². The number of hydrogen-bond acceptors (Lipinski definition) is 4. The summed E-state index contributed by atoms with van der Waals surface area (Å²) in [6.07, 6.45) is 0. The average molecular weight is 386 g/mol. The molecule has 0 unspecified atom stereocenters. The van der Waals surface area contributed by atoms with Crippen molar-refractivity contribution in [1.29, 1.82) is 0 Å². The quantitative estimate of drug-likeness (QED) is 0.692. The molecule has 3 aromatic rings. The molecule has 1 aromatic heterocycles. The number of aromatic nitrogens is 1. The molecule has 1 saturated heterocycles. The molecule has 2 aromatic carbocycles. The SMILES string of the molecule is O=C(Cn1c(=O)oc2cc(Cl)ccc21)N1CCN(Cc2ccccc2)CC1. The second-order valence-electron chi connectivity index (χ2n) is 6.71. The van der Waals surface area contributed by atoms with E-state index in [1.807, 2.05) is 23.1 Å². The zero-order valence-electron chi connectivity index (χ0n) is 14.8. The van der Waals surface area contributed by atoms with E-state index >= 15 is 0 Å². The van der Waals surface area contributed by atoms with Gasteiger partial charge in [0, 0.05) is 43.8 Å². The number of amides is 1. The minimum atomic E-state index is -0.539. The lowest BCUT2D eigenvalue weighted by Gasteiger charge is -2.34. The lowest BCUT2D eigenvalue weighted by Crippen LogP contribution is -2.49. The maximum atomic E-state index is 12.7. The van der Waals surface area contributed by atoms with Crippen molar-refractivity contribution in [2.75, 3.05) is 26.2 Å². The fourth-order valence-corrected chi connectivity index (χ4v) is 3.58. The summed E-state index contributed by atoms with van der Waals surface area (Å²) in [7, 11) is 0. The zero-order chi connectivity index (χ0) is 18.8. The number of halogens is 1. The summed E-state index contributed by atoms with van der Waals surface area (Å²) < 4.78 is 6.56. The lowest BCUT2D eigenvalue weighted by molar-refractivity contribution is -0.133. The van der Waals surface area contributed by atoms with Crippen molar-refractivity contribution in [3.8, 4) is 0 Å². The van der Waals surface area contributed by atoms with Crippen molar-refractivity contribution >= 4 is 28.6 Å². The highest BCUT2D eigenvalue weighted by Crippen LogP contribution is 2.18. The molecule has 2 heterocycles. The van der Waals surface area contributed by atoms with Crippen LogP contribution in [0.3, 0.4) is 0 Å². The van der Waals surface area contributed by atoms with Gasteiger partial charge in [-0.05, 0) is 17.7 Å². The molecule has 0 radical (unpaired) electrons. The monoisotopic (exact) mass is 385 g/mol. The maximum absolute atomic E-state index is 12.7. The number of benzene rings is 2. The van der Waals surface area contributed by atoms with Gasteiger partial charge >= 0.3 is 5.76 Å². The van der Waals surface area contributed by atoms with Crippen LogP contribution in [0.25, 0.3) is 11.1 Å². The van der Waals surface area contributed by atoms with Crippen LogP contribution in [0, 0.1) is 0 Å². The molecule has 140 valence electrons. The minimum absolute atomic E-state index is 0.0217. The molecule has 0 spiro atoms. The van der Waals surface area contributed by atoms with Crippen LogP contribution in [-0.4, -0.2) is 46.5 Å². The summed E-state index contributed by atoms with van der Waals surface area (Å²) in [4.78, 5) is 28.9. The van der Waals surface area contributed by atoms with E-state index in [1.165, 1.54) is 10.1 Å². The van der Waals surface area contributed by atoms with E-state index in [0.717, 1.165) is 19.6 Å². The molecule has 0 atom stereocenters. The number of carbonyl (C=O) groups excluding carboxylic acids is 1. The Morgan fingerprint density at radius 2 is 1.78 bits per heavy atom. The summed E-state index contributed by atoms with van der Waals surface area (Å²) in [5.74, 6) is -0.613. The highest BCUT2D eigenvalue weighted by atomic mass is 35.5. The first-order valence-electron chi connectivity index (χ1n) is 8.93. The number of fused-ring (bicyclic) bond motifs is 1. The van der Waals surface area contributed by atoms with Crippen LogP contribution in [0.5, 0.6) is 0 Å². The smallest absolute Gasteiger partial charge is 0.408 e. The normalized spacial score (nSPS) is 15.4. The molecule has 4 rings (SSSR count). The van der Waals surface area contributed by atoms with Crippen molar-refractivity contribution < 1.29 is 9.21 Å². The maximum Gasteiger partial charge on any atom is 0.420 e. The van der Waals surface area contributed by atoms with E-state index < -0.39 is 5.76 Å². The standard InChI is InChI=1S/C20H20ClN3O3/c21-16-6-7-17-18(12-16)27-20(26)24(17)14-19(25)23-10-8-22(9-11-23)13-15-4-2-1-3-5-15/h1-7,12H,8-11,13-14H2. The Balaban J connectivity index is 1.39. The molecule has 6 nitrogen and oxygen atoms in total. The van der Waals surface area contributed by atoms with Crippen molar-refractivity contribution in [1.82, 2.24) is 14.4 Å². The number of rotatable bonds is 4. The third-order valence-electron chi connectivity index (χ3n) is 4.90. The third kappa shape index (κ3) is 3.91. The van der Waals surface area contributed by atoms with Gasteiger partial charge in [0.05, 0.1) is 5.52 Å². The van der Waals surface area contributed by atoms with Gasteiger partial charge in [0.15, 0.2) is 5.58 Å². The largest absolute Gasteiger partial charge is 0.420 e. The predicted molar refractivity (Wildman–Crippen MR) is 104 cm³/mol. The Kier molecular flexibility index (Phi) is 5.01. The van der Waals surface area contributed by atoms with Gasteiger partial charge in [-0.2, -0.15) is 0 Å². The molecule has 0 saturated carbocycles. The van der Waals surface area contributed by atoms with Gasteiger partial charge in [-0.1, -0.05) is 41.9 Å². The van der Waals surface area contributed by atoms with Gasteiger partial charge in [0.2, 0.25) is 5.91 Å². The topological polar surface area (TPSA) is 58.7 Å². The number of hydrogen-bond donors (Lipinski definition) is 0. The van der Waals surface area contributed by atoms with Crippen LogP contribution in [0.4, 0.5) is 0 Å². The highest BCUT2D eigenvalue weighted by Gasteiger charge is 2.23. The number of nitrogens with zero attached hydrogens (tertiary/aromatic N) is 3. The van der Waals surface area contributed by atoms with Crippen LogP contribution in [0.15, 0.2) is 57.7 Å². The van der Waals surface area contributed by atoms with Crippen LogP contribution >= 0.6 is 11.6 Å². The summed E-state index contributed by atoms with van der Waals surface area (Å²) in [6, 6.07) is 15.3. The number of carbonyl (C=O) groups is 1. The average Bonchev–Trinajstić information content (AvgIpc) is 2.97. The molecule has 1 aliphatic heterocycles. The van der Waals surface area contributed by atoms with Crippen molar-refractivity contribution in [3.63, 3.8) is 0 Å². The lowest BCUT2D eigenvalue weighted by atomic mass is 10.2. The number of piperazine rings is 1. The van der Waals surface area contributed by atoms with E-state index in [4.69, 9.17) is 16.0 Å². The van der Waals surface area contributed by atoms with Gasteiger partial charge in [0.25, 0.3) is 0 Å². The molecule has 1 aliphatic rings. The molecular formula is C20H20ClN3O3. The van der Waals surface area contributed by atoms with Crippen LogP contribution in [0.1, 0.15) is 5.56 Å². The Morgan fingerprint density at radius 1 is 1.04 bits per heavy atom. The Labute approximate surface area is 161 Å². The first kappa shape index (κ1) is 17.8. The molecular weight excluding hydrogens is 366 g/mol. The van der Waals surface area contributed by atoms with Crippen molar-refractivity contribution in [2.24, 2.45) is 0 Å². The fraction of sp³-hybridized carbons (Fsp3) is 0.300. The third-order valence-corrected chi connectivity index (χ3v) is 5.13. The molecule has 0 aliphatic carbocycles. The summed E-state index contributed by atoms with van der Waals surface area (Å²) in [5.41, 5.74) is 2.25. The summed E-state index contributed by atoms with van der Waals surface area (Å²) in [5, 5.41) is 0.490. The molecule has 0 N–H and O–H groups in total. The van der Waals surface area contributed by atoms with E-state index in [0.29, 0.717) is 29.2 Å². The van der Waals surface area contributed by atoms with Gasteiger partial charge in [-0.3, -0.25) is 14.3 Å². The van der Waals surface area contributed by atoms with Gasteiger partial charge in [-0.15, -0.1) is 0 Å². The van der Waals surface area contributed by atoms with Crippen LogP contribution in [0.2, 0.25) is 5.02 Å². The van der Waals surface area contributed by atoms with Crippen molar-refractivity contribution in [2.45, 2.75) is 13.1 Å². The first-order chi connectivity index (χ1) is 13.1. The predicted octanol–water partition coefficient (Wildman–Crippen LogP) is 2.59. The molecule has 1 fully saturated rings. The first-order valence-corrected chi connectivity index (χ1v) is 9.31. The minimum Gasteiger partial charge on any atom is -0.408 e. The molecule has 7 heteroatoms. The highest BCUT2D eigenvalue weighted by molar-refractivity contribution is 6.31. The van der Waals surface area contributed by atoms with E-state index in [9.17, 15) is 9.59 Å². The molecule has 1 amide bonds. The Hall–Kier alpha value is -2.57. The Bertz CT molecular complexity index is 1000. The van der Waals surface area contributed by atoms with Crippen molar-refractivity contribution in [3.05, 3.63) is 69.7 Å². The second kappa shape index (κ2) is 7.58. The second-order valence-corrected chi connectivity index (χ2v) is 7.15. The summed E-state index contributed by atoms with van der Waals surface area (Å²) >= 11 is 5.93. The molecule has 27 heavy (non-hydrogen) atoms. The van der Waals surface area contributed by atoms with Gasteiger partial charge in [0.1, 0.15) is 6.54 Å². The summed E-state index contributed by atoms with van der Waals surface area (Å²) in [6.45, 7) is 3.81. The van der Waals surface area contributed by atoms with E-state index in [-0.39, 0.29) is 12.5 Å².